The first-order valence-corrected chi connectivity index (χ1v) is 22.8. The molecule has 330 valence electrons. The van der Waals surface area contributed by atoms with E-state index in [2.05, 4.69) is 43.5 Å². The normalized spacial score (nSPS) is 21.2. The van der Waals surface area contributed by atoms with Gasteiger partial charge in [0.25, 0.3) is 15.6 Å². The van der Waals surface area contributed by atoms with Crippen molar-refractivity contribution in [1.82, 2.24) is 30.2 Å². The lowest BCUT2D eigenvalue weighted by molar-refractivity contribution is -0.347. The van der Waals surface area contributed by atoms with Crippen LogP contribution in [0.15, 0.2) is 61.2 Å². The highest BCUT2D eigenvalue weighted by atomic mass is 32.2. The summed E-state index contributed by atoms with van der Waals surface area (Å²) < 4.78 is 60.6. The van der Waals surface area contributed by atoms with E-state index in [9.17, 15) is 57.9 Å². The number of ether oxygens (including phenoxy) is 1. The van der Waals surface area contributed by atoms with Crippen molar-refractivity contribution in [2.24, 2.45) is 5.41 Å². The number of thioether (sulfide) groups is 1. The Morgan fingerprint density at radius 2 is 1.73 bits per heavy atom. The fraction of sp³-hybridized carbons (Fsp3) is 0.438. The van der Waals surface area contributed by atoms with E-state index in [-0.39, 0.29) is 47.4 Å². The number of nitrogens with zero attached hydrogens (tertiary/aromatic N) is 4. The van der Waals surface area contributed by atoms with Gasteiger partial charge in [-0.2, -0.15) is 0 Å². The smallest absolute Gasteiger partial charge is 0.274 e. The highest BCUT2D eigenvalue weighted by Crippen LogP contribution is 2.56. The van der Waals surface area contributed by atoms with E-state index in [4.69, 9.17) is 10.5 Å². The SMILES string of the molecule is CC(C)(COP(=O)([O-])OP(=O)([O-])OCC1OC(n2cnc3c(N)ncnc32)C(O)C1OP(=O)([O-])[O-])C(O)C(=O)NCCC(=O)NCCSC(=O)/C=C/C=C/c1ccccc1. The molecule has 60 heavy (non-hydrogen) atoms. The van der Waals surface area contributed by atoms with Gasteiger partial charge in [0.1, 0.15) is 36.3 Å². The number of carbonyl (C=O) groups excluding carboxylic acids is 3. The number of hydrogen-bond donors (Lipinski definition) is 5. The monoisotopic (exact) mass is 919 g/mol. The number of nitrogen functional groups attached to an aromatic ring is 1. The van der Waals surface area contributed by atoms with E-state index in [1.165, 1.54) is 19.9 Å². The summed E-state index contributed by atoms with van der Waals surface area (Å²) in [5, 5.41) is 26.0. The van der Waals surface area contributed by atoms with Crippen molar-refractivity contribution in [3.63, 3.8) is 0 Å². The molecule has 3 aromatic rings. The standard InChI is InChI=1S/C32H44N7O17P3S/c1-32(2,27(43)30(44)35-13-12-22(40)34-14-15-60-23(41)11-7-6-10-20-8-4-3-5-9-20)17-53-59(50,51)56-58(48,49)52-16-21-26(55-57(45,46)47)25(42)31(54-21)39-19-38-24-28(33)36-18-37-29(24)39/h3-11,18-19,21,25-27,31,42-43H,12-17H2,1-2H3,(H,34,40)(H,35,44)(H,48,49)(H,50,51)(H2,33,36,37)(H2,45,46,47)/p-4/b10-6+,11-7+. The Kier molecular flexibility index (Phi) is 17.4. The van der Waals surface area contributed by atoms with Crippen molar-refractivity contribution in [2.75, 3.05) is 37.8 Å². The minimum atomic E-state index is -5.92. The lowest BCUT2D eigenvalue weighted by atomic mass is 9.87. The van der Waals surface area contributed by atoms with Gasteiger partial charge in [0.2, 0.25) is 16.9 Å². The van der Waals surface area contributed by atoms with Crippen LogP contribution in [-0.2, 0) is 50.7 Å². The Labute approximate surface area is 346 Å². The molecule has 1 aliphatic rings. The van der Waals surface area contributed by atoms with Crippen molar-refractivity contribution < 1.29 is 80.5 Å². The van der Waals surface area contributed by atoms with Gasteiger partial charge in [-0.05, 0) is 11.6 Å². The van der Waals surface area contributed by atoms with E-state index in [1.807, 2.05) is 36.4 Å². The van der Waals surface area contributed by atoms with Crippen molar-refractivity contribution in [3.05, 3.63) is 66.8 Å². The molecule has 0 aliphatic carbocycles. The third-order valence-electron chi connectivity index (χ3n) is 8.15. The second-order valence-electron chi connectivity index (χ2n) is 13.3. The lowest BCUT2D eigenvalue weighted by Gasteiger charge is -2.36. The first-order valence-electron chi connectivity index (χ1n) is 17.5. The number of phosphoric ester groups is 3. The van der Waals surface area contributed by atoms with Gasteiger partial charge in [-0.25, -0.2) is 19.3 Å². The number of amides is 2. The molecule has 7 atom stereocenters. The molecule has 1 aromatic carbocycles. The number of anilines is 1. The van der Waals surface area contributed by atoms with E-state index < -0.39 is 84.6 Å². The summed E-state index contributed by atoms with van der Waals surface area (Å²) in [5.41, 5.74) is 5.03. The Balaban J connectivity index is 1.19. The Morgan fingerprint density at radius 3 is 2.43 bits per heavy atom. The minimum absolute atomic E-state index is 0.0240. The fourth-order valence-corrected chi connectivity index (χ4v) is 8.49. The number of aliphatic hydroxyl groups excluding tert-OH is 2. The molecule has 1 saturated heterocycles. The predicted molar refractivity (Wildman–Crippen MR) is 203 cm³/mol. The number of aliphatic hydroxyl groups is 2. The zero-order chi connectivity index (χ0) is 44.3. The van der Waals surface area contributed by atoms with Gasteiger partial charge in [0, 0.05) is 30.7 Å². The third-order valence-corrected chi connectivity index (χ3v) is 12.0. The van der Waals surface area contributed by atoms with Crippen molar-refractivity contribution in [1.29, 1.82) is 0 Å². The van der Waals surface area contributed by atoms with Crippen LogP contribution in [0.2, 0.25) is 0 Å². The zero-order valence-corrected chi connectivity index (χ0v) is 35.1. The van der Waals surface area contributed by atoms with Gasteiger partial charge in [-0.15, -0.1) is 0 Å². The number of aromatic nitrogens is 4. The van der Waals surface area contributed by atoms with Crippen LogP contribution in [0.3, 0.4) is 0 Å². The third kappa shape index (κ3) is 15.0. The van der Waals surface area contributed by atoms with Gasteiger partial charge in [-0.1, -0.05) is 74.2 Å². The maximum atomic E-state index is 12.6. The van der Waals surface area contributed by atoms with Crippen LogP contribution in [0.4, 0.5) is 5.82 Å². The molecular formula is C32H40N7O17P3S-4. The van der Waals surface area contributed by atoms with Crippen LogP contribution in [0.5, 0.6) is 0 Å². The first-order chi connectivity index (χ1) is 28.1. The number of hydrogen-bond acceptors (Lipinski definition) is 22. The lowest BCUT2D eigenvalue weighted by Crippen LogP contribution is -2.46. The number of nitrogens with two attached hydrogens (primary N) is 1. The maximum Gasteiger partial charge on any atom is 0.274 e. The number of allylic oxidation sites excluding steroid dienone is 2. The zero-order valence-electron chi connectivity index (χ0n) is 31.6. The summed E-state index contributed by atoms with van der Waals surface area (Å²) in [7, 11) is -17.6. The van der Waals surface area contributed by atoms with E-state index in [0.717, 1.165) is 34.5 Å². The molecule has 2 amide bonds. The Morgan fingerprint density at radius 1 is 1.03 bits per heavy atom. The maximum absolute atomic E-state index is 12.6. The molecule has 0 bridgehead atoms. The van der Waals surface area contributed by atoms with Gasteiger partial charge in [-0.3, -0.25) is 28.1 Å². The van der Waals surface area contributed by atoms with Crippen molar-refractivity contribution in [2.45, 2.75) is 50.9 Å². The molecule has 0 saturated carbocycles. The first kappa shape index (κ1) is 48.9. The highest BCUT2D eigenvalue weighted by Gasteiger charge is 2.47. The summed E-state index contributed by atoms with van der Waals surface area (Å²) in [4.78, 5) is 96.2. The van der Waals surface area contributed by atoms with Gasteiger partial charge in [0.15, 0.2) is 17.7 Å². The number of rotatable bonds is 22. The molecule has 0 spiro atoms. The van der Waals surface area contributed by atoms with Crippen molar-refractivity contribution >= 4 is 75.2 Å². The second-order valence-corrected chi connectivity index (χ2v) is 18.4. The van der Waals surface area contributed by atoms with E-state index in [0.29, 0.717) is 0 Å². The second kappa shape index (κ2) is 21.4. The van der Waals surface area contributed by atoms with Gasteiger partial charge >= 0.3 is 0 Å². The average molecular weight is 920 g/mol. The number of imidazole rings is 1. The predicted octanol–water partition coefficient (Wildman–Crippen LogP) is -1.59. The van der Waals surface area contributed by atoms with Crippen LogP contribution in [0, 0.1) is 5.41 Å². The molecule has 24 nitrogen and oxygen atoms in total. The van der Waals surface area contributed by atoms with E-state index in [1.54, 1.807) is 12.2 Å². The molecule has 0 radical (unpaired) electrons. The fourth-order valence-electron chi connectivity index (χ4n) is 5.17. The summed E-state index contributed by atoms with van der Waals surface area (Å²) in [6.45, 7) is 0.0197. The van der Waals surface area contributed by atoms with Gasteiger partial charge < -0.3 is 69.0 Å². The molecule has 2 aromatic heterocycles. The van der Waals surface area contributed by atoms with Crippen molar-refractivity contribution in [3.8, 4) is 0 Å². The molecule has 1 aliphatic heterocycles. The van der Waals surface area contributed by atoms with E-state index >= 15 is 0 Å². The minimum Gasteiger partial charge on any atom is -0.790 e. The summed E-state index contributed by atoms with van der Waals surface area (Å²) in [6, 6.07) is 9.48. The molecule has 3 heterocycles. The van der Waals surface area contributed by atoms with Gasteiger partial charge in [0.05, 0.1) is 27.4 Å². The average Bonchev–Trinajstić information content (AvgIpc) is 3.73. The number of phosphoric acid groups is 3. The largest absolute Gasteiger partial charge is 0.790 e. The van der Waals surface area contributed by atoms with Crippen LogP contribution >= 0.6 is 35.2 Å². The summed E-state index contributed by atoms with van der Waals surface area (Å²) >= 11 is 0.984. The Bertz CT molecular complexity index is 2170. The number of fused-ring (bicyclic) bond motifs is 1. The number of nitrogens with one attached hydrogen (secondary N) is 2. The Hall–Kier alpha value is -3.74. The molecule has 7 unspecified atom stereocenters. The molecule has 4 rings (SSSR count). The molecule has 1 fully saturated rings. The number of benzene rings is 1. The topological polar surface area (TPSA) is 375 Å². The summed E-state index contributed by atoms with van der Waals surface area (Å²) in [5.74, 6) is -1.30. The van der Waals surface area contributed by atoms with Crippen LogP contribution < -0.4 is 35.9 Å². The molecular weight excluding hydrogens is 879 g/mol. The number of carbonyl (C=O) groups is 3. The summed E-state index contributed by atoms with van der Waals surface area (Å²) in [6.07, 6.45) is -1.09. The highest BCUT2D eigenvalue weighted by molar-refractivity contribution is 8.14. The molecule has 6 N–H and O–H groups in total. The van der Waals surface area contributed by atoms with Crippen LogP contribution in [0.1, 0.15) is 32.1 Å². The van der Waals surface area contributed by atoms with Crippen LogP contribution in [0.25, 0.3) is 17.2 Å². The quantitative estimate of drug-likeness (QED) is 0.0328. The molecule has 28 heteroatoms. The van der Waals surface area contributed by atoms with Crippen LogP contribution in [-0.4, -0.2) is 103 Å².